The summed E-state index contributed by atoms with van der Waals surface area (Å²) in [5.41, 5.74) is 4.88. The molecule has 1 aromatic heterocycles. The quantitative estimate of drug-likeness (QED) is 0.287. The van der Waals surface area contributed by atoms with Crippen LogP contribution in [0.4, 0.5) is 0 Å². The van der Waals surface area contributed by atoms with Gasteiger partial charge in [-0.15, -0.1) is 0 Å². The smallest absolute Gasteiger partial charge is 0.216 e. The monoisotopic (exact) mass is 414 g/mol. The molecule has 30 heavy (non-hydrogen) atoms. The van der Waals surface area contributed by atoms with Crippen LogP contribution < -0.4 is 23.5 Å². The number of hydrogen-bond donors (Lipinski definition) is 0. The molecule has 0 saturated carbocycles. The van der Waals surface area contributed by atoms with Crippen LogP contribution in [0.15, 0.2) is 30.5 Å². The van der Waals surface area contributed by atoms with Gasteiger partial charge in [0, 0.05) is 17.4 Å². The maximum absolute atomic E-state index is 8.25. The fraction of sp³-hybridized carbons (Fsp3) is 0.286. The zero-order valence-corrected chi connectivity index (χ0v) is 17.3. The number of hydrogen-bond acceptors (Lipinski definition) is 7. The summed E-state index contributed by atoms with van der Waals surface area (Å²) in [7, 11) is 8.72. The Morgan fingerprint density at radius 3 is 2.07 bits per heavy atom. The number of pyridine rings is 1. The van der Waals surface area contributed by atoms with E-state index in [1.807, 2.05) is 6.07 Å². The molecule has 158 valence electrons. The van der Waals surface area contributed by atoms with Gasteiger partial charge < -0.3 is 34.3 Å². The molecule has 0 aliphatic heterocycles. The minimum absolute atomic E-state index is 0.735. The first-order valence-electron chi connectivity index (χ1n) is 8.99. The summed E-state index contributed by atoms with van der Waals surface area (Å²) < 4.78 is 24.2. The minimum Gasteiger partial charge on any atom is -0.493 e. The van der Waals surface area contributed by atoms with E-state index in [0.717, 1.165) is 34.8 Å². The van der Waals surface area contributed by atoms with Crippen molar-refractivity contribution in [2.75, 3.05) is 28.4 Å². The first kappa shape index (κ1) is 21.0. The Kier molecular flexibility index (Phi) is 5.81. The van der Waals surface area contributed by atoms with Gasteiger partial charge in [0.1, 0.15) is 7.05 Å². The number of benzene rings is 2. The molecule has 0 atom stereocenters. The van der Waals surface area contributed by atoms with Gasteiger partial charge in [0.15, 0.2) is 29.2 Å². The molecule has 3 aromatic rings. The topological polar surface area (TPSA) is 107 Å². The van der Waals surface area contributed by atoms with Crippen molar-refractivity contribution in [3.63, 3.8) is 0 Å². The molecule has 0 bridgehead atoms. The summed E-state index contributed by atoms with van der Waals surface area (Å²) in [6.45, 7) is 0. The number of aryl methyl sites for hydroxylation is 1. The fourth-order valence-corrected chi connectivity index (χ4v) is 3.95. The molecule has 0 N–H and O–H groups in total. The Labute approximate surface area is 173 Å². The molecule has 1 heterocycles. The van der Waals surface area contributed by atoms with Crippen LogP contribution in [0, 0.1) is 15.3 Å². The SMILES string of the molecule is COc1cc2c(cc1OC)-c1c(c3ccc(OC)c(OC)c3c[n+]1C)C2.O=[N+]([O-])[O-]. The first-order valence-corrected chi connectivity index (χ1v) is 8.99. The second-order valence-corrected chi connectivity index (χ2v) is 6.59. The summed E-state index contributed by atoms with van der Waals surface area (Å²) in [5, 5.41) is 17.0. The first-order chi connectivity index (χ1) is 14.4. The fourth-order valence-electron chi connectivity index (χ4n) is 3.95. The molecule has 0 radical (unpaired) electrons. The molecular weight excluding hydrogens is 392 g/mol. The number of ether oxygens (including phenoxy) is 4. The van der Waals surface area contributed by atoms with Gasteiger partial charge in [0.25, 0.3) is 0 Å². The number of rotatable bonds is 4. The Morgan fingerprint density at radius 2 is 1.50 bits per heavy atom. The van der Waals surface area contributed by atoms with Gasteiger partial charge in [-0.05, 0) is 29.8 Å². The molecule has 2 aromatic carbocycles. The van der Waals surface area contributed by atoms with Gasteiger partial charge in [-0.3, -0.25) is 0 Å². The average Bonchev–Trinajstić information content (AvgIpc) is 3.10. The van der Waals surface area contributed by atoms with E-state index >= 15 is 0 Å². The van der Waals surface area contributed by atoms with Crippen LogP contribution in [0.1, 0.15) is 11.1 Å². The second kappa shape index (κ2) is 8.32. The van der Waals surface area contributed by atoms with Crippen LogP contribution in [-0.4, -0.2) is 33.5 Å². The van der Waals surface area contributed by atoms with E-state index in [0.29, 0.717) is 0 Å². The molecule has 4 rings (SSSR count). The van der Waals surface area contributed by atoms with Crippen LogP contribution >= 0.6 is 0 Å². The lowest BCUT2D eigenvalue weighted by molar-refractivity contribution is -0.659. The van der Waals surface area contributed by atoms with Crippen LogP contribution in [0.5, 0.6) is 23.0 Å². The highest BCUT2D eigenvalue weighted by atomic mass is 16.9. The summed E-state index contributed by atoms with van der Waals surface area (Å²) >= 11 is 0. The molecule has 9 nitrogen and oxygen atoms in total. The third-order valence-electron chi connectivity index (χ3n) is 5.10. The van der Waals surface area contributed by atoms with Crippen molar-refractivity contribution in [3.05, 3.63) is 56.9 Å². The lowest BCUT2D eigenvalue weighted by Crippen LogP contribution is -2.31. The second-order valence-electron chi connectivity index (χ2n) is 6.59. The number of fused-ring (bicyclic) bond motifs is 5. The molecule has 0 unspecified atom stereocenters. The van der Waals surface area contributed by atoms with Crippen LogP contribution in [0.2, 0.25) is 0 Å². The number of nitrogens with zero attached hydrogens (tertiary/aromatic N) is 2. The van der Waals surface area contributed by atoms with Gasteiger partial charge in [0.05, 0.1) is 44.5 Å². The predicted octanol–water partition coefficient (Wildman–Crippen LogP) is 3.03. The van der Waals surface area contributed by atoms with Crippen molar-refractivity contribution in [2.24, 2.45) is 7.05 Å². The maximum atomic E-state index is 8.25. The third-order valence-corrected chi connectivity index (χ3v) is 5.10. The molecule has 0 fully saturated rings. The predicted molar refractivity (Wildman–Crippen MR) is 110 cm³/mol. The number of aromatic nitrogens is 1. The van der Waals surface area contributed by atoms with E-state index in [4.69, 9.17) is 34.3 Å². The van der Waals surface area contributed by atoms with E-state index < -0.39 is 5.09 Å². The van der Waals surface area contributed by atoms with Crippen molar-refractivity contribution in [1.29, 1.82) is 0 Å². The lowest BCUT2D eigenvalue weighted by Gasteiger charge is -2.12. The van der Waals surface area contributed by atoms with Gasteiger partial charge in [-0.1, -0.05) is 0 Å². The van der Waals surface area contributed by atoms with E-state index in [1.54, 1.807) is 28.4 Å². The molecule has 0 spiro atoms. The standard InChI is InChI=1S/C21H22NO4.NO3/c1-22-11-16-13(6-7-17(23-2)21(16)26-5)15-8-12-9-18(24-3)19(25-4)10-14(12)20(15)22;2-1(3)4/h6-7,9-11H,8H2,1-5H3;/q+1;-1. The Hall–Kier alpha value is -3.75. The van der Waals surface area contributed by atoms with Crippen molar-refractivity contribution < 1.29 is 28.6 Å². The molecule has 9 heteroatoms. The van der Waals surface area contributed by atoms with Crippen molar-refractivity contribution in [2.45, 2.75) is 6.42 Å². The highest BCUT2D eigenvalue weighted by molar-refractivity contribution is 5.96. The Bertz CT molecular complexity index is 1120. The summed E-state index contributed by atoms with van der Waals surface area (Å²) in [6.07, 6.45) is 2.94. The van der Waals surface area contributed by atoms with Gasteiger partial charge in [-0.2, -0.15) is 4.57 Å². The average molecular weight is 414 g/mol. The number of methoxy groups -OCH3 is 4. The van der Waals surface area contributed by atoms with E-state index in [-0.39, 0.29) is 0 Å². The van der Waals surface area contributed by atoms with Gasteiger partial charge in [0.2, 0.25) is 5.69 Å². The largest absolute Gasteiger partial charge is 0.493 e. The Morgan fingerprint density at radius 1 is 0.900 bits per heavy atom. The van der Waals surface area contributed by atoms with E-state index in [1.165, 1.54) is 27.8 Å². The molecule has 1 aliphatic rings. The van der Waals surface area contributed by atoms with E-state index in [2.05, 4.69) is 36.0 Å². The molecular formula is C21H22N2O7. The zero-order valence-electron chi connectivity index (χ0n) is 17.3. The normalized spacial score (nSPS) is 11.1. The van der Waals surface area contributed by atoms with E-state index in [9.17, 15) is 0 Å². The van der Waals surface area contributed by atoms with Crippen molar-refractivity contribution in [3.8, 4) is 34.3 Å². The molecule has 1 aliphatic carbocycles. The highest BCUT2D eigenvalue weighted by Gasteiger charge is 2.32. The minimum atomic E-state index is -1.75. The van der Waals surface area contributed by atoms with Gasteiger partial charge >= 0.3 is 0 Å². The summed E-state index contributed by atoms with van der Waals surface area (Å²) in [5.74, 6) is 2.99. The van der Waals surface area contributed by atoms with Crippen LogP contribution in [0.25, 0.3) is 22.0 Å². The van der Waals surface area contributed by atoms with Crippen LogP contribution in [-0.2, 0) is 13.5 Å². The highest BCUT2D eigenvalue weighted by Crippen LogP contribution is 2.45. The molecule has 0 amide bonds. The lowest BCUT2D eigenvalue weighted by atomic mass is 10.0. The molecule has 0 saturated heterocycles. The zero-order chi connectivity index (χ0) is 22.0. The van der Waals surface area contributed by atoms with Crippen molar-refractivity contribution in [1.82, 2.24) is 0 Å². The van der Waals surface area contributed by atoms with Gasteiger partial charge in [-0.25, -0.2) is 0 Å². The Balaban J connectivity index is 0.000000589. The third kappa shape index (κ3) is 3.49. The van der Waals surface area contributed by atoms with Crippen molar-refractivity contribution >= 4 is 10.8 Å². The summed E-state index contributed by atoms with van der Waals surface area (Å²) in [6, 6.07) is 8.20. The maximum Gasteiger partial charge on any atom is 0.216 e. The summed E-state index contributed by atoms with van der Waals surface area (Å²) in [4.78, 5) is 8.25. The van der Waals surface area contributed by atoms with Crippen LogP contribution in [0.3, 0.4) is 0 Å².